The molecule has 0 fully saturated rings. The molecule has 0 spiro atoms. The van der Waals surface area contributed by atoms with Crippen molar-refractivity contribution in [2.75, 3.05) is 26.4 Å². The Morgan fingerprint density at radius 3 is 2.43 bits per heavy atom. The van der Waals surface area contributed by atoms with Gasteiger partial charge in [0.2, 0.25) is 0 Å². The SMILES string of the molecule is CCCNC(CCOCC)(C(=O)OCC)c1ccccc1. The molecule has 4 heteroatoms. The zero-order valence-corrected chi connectivity index (χ0v) is 13.4. The number of hydrogen-bond donors (Lipinski definition) is 1. The molecule has 118 valence electrons. The summed E-state index contributed by atoms with van der Waals surface area (Å²) >= 11 is 0. The highest BCUT2D eigenvalue weighted by Crippen LogP contribution is 2.27. The van der Waals surface area contributed by atoms with Gasteiger partial charge in [0.1, 0.15) is 5.54 Å². The van der Waals surface area contributed by atoms with Crippen molar-refractivity contribution in [3.63, 3.8) is 0 Å². The maximum absolute atomic E-state index is 12.6. The van der Waals surface area contributed by atoms with Gasteiger partial charge < -0.3 is 9.47 Å². The first-order valence-corrected chi connectivity index (χ1v) is 7.76. The maximum Gasteiger partial charge on any atom is 0.331 e. The Kier molecular flexibility index (Phi) is 8.01. The van der Waals surface area contributed by atoms with Gasteiger partial charge in [0.05, 0.1) is 6.61 Å². The second kappa shape index (κ2) is 9.53. The van der Waals surface area contributed by atoms with Gasteiger partial charge >= 0.3 is 5.97 Å². The van der Waals surface area contributed by atoms with Crippen molar-refractivity contribution in [3.8, 4) is 0 Å². The van der Waals surface area contributed by atoms with Gasteiger partial charge in [0.15, 0.2) is 0 Å². The van der Waals surface area contributed by atoms with Crippen LogP contribution in [0.2, 0.25) is 0 Å². The molecule has 0 saturated carbocycles. The fourth-order valence-electron chi connectivity index (χ4n) is 2.31. The first-order chi connectivity index (χ1) is 10.2. The molecular weight excluding hydrogens is 266 g/mol. The van der Waals surface area contributed by atoms with Crippen molar-refractivity contribution >= 4 is 5.97 Å². The third-order valence-corrected chi connectivity index (χ3v) is 3.39. The van der Waals surface area contributed by atoms with Crippen molar-refractivity contribution < 1.29 is 14.3 Å². The number of carbonyl (C=O) groups excluding carboxylic acids is 1. The first-order valence-electron chi connectivity index (χ1n) is 7.76. The Bertz CT molecular complexity index is 408. The Morgan fingerprint density at radius 1 is 1.14 bits per heavy atom. The zero-order valence-electron chi connectivity index (χ0n) is 13.4. The standard InChI is InChI=1S/C17H27NO3/c1-4-13-18-17(12-14-20-5-2,16(19)21-6-3)15-10-8-7-9-11-15/h7-11,18H,4-6,12-14H2,1-3H3. The van der Waals surface area contributed by atoms with Crippen LogP contribution >= 0.6 is 0 Å². The van der Waals surface area contributed by atoms with Crippen LogP contribution in [0.4, 0.5) is 0 Å². The average molecular weight is 293 g/mol. The van der Waals surface area contributed by atoms with Gasteiger partial charge in [0, 0.05) is 19.6 Å². The molecule has 1 N–H and O–H groups in total. The number of hydrogen-bond acceptors (Lipinski definition) is 4. The smallest absolute Gasteiger partial charge is 0.331 e. The highest BCUT2D eigenvalue weighted by molar-refractivity contribution is 5.82. The van der Waals surface area contributed by atoms with Gasteiger partial charge in [-0.25, -0.2) is 4.79 Å². The molecule has 4 nitrogen and oxygen atoms in total. The Labute approximate surface area is 127 Å². The van der Waals surface area contributed by atoms with E-state index >= 15 is 0 Å². The monoisotopic (exact) mass is 293 g/mol. The van der Waals surface area contributed by atoms with Crippen LogP contribution < -0.4 is 5.32 Å². The van der Waals surface area contributed by atoms with Crippen molar-refractivity contribution in [2.45, 2.75) is 39.2 Å². The zero-order chi connectivity index (χ0) is 15.6. The van der Waals surface area contributed by atoms with E-state index in [4.69, 9.17) is 9.47 Å². The van der Waals surface area contributed by atoms with Gasteiger partial charge in [0.25, 0.3) is 0 Å². The topological polar surface area (TPSA) is 47.6 Å². The fourth-order valence-corrected chi connectivity index (χ4v) is 2.31. The minimum atomic E-state index is -0.831. The molecule has 0 aromatic heterocycles. The summed E-state index contributed by atoms with van der Waals surface area (Å²) in [7, 11) is 0. The van der Waals surface area contributed by atoms with Gasteiger partial charge in [-0.15, -0.1) is 0 Å². The fraction of sp³-hybridized carbons (Fsp3) is 0.588. The summed E-state index contributed by atoms with van der Waals surface area (Å²) in [5.41, 5.74) is 0.0965. The molecule has 0 saturated heterocycles. The van der Waals surface area contributed by atoms with Crippen LogP contribution in [-0.2, 0) is 19.8 Å². The van der Waals surface area contributed by atoms with E-state index in [1.54, 1.807) is 0 Å². The summed E-state index contributed by atoms with van der Waals surface area (Å²) in [5.74, 6) is -0.232. The van der Waals surface area contributed by atoms with E-state index in [9.17, 15) is 4.79 Å². The van der Waals surface area contributed by atoms with Crippen LogP contribution in [0.25, 0.3) is 0 Å². The average Bonchev–Trinajstić information content (AvgIpc) is 2.52. The van der Waals surface area contributed by atoms with Crippen LogP contribution in [0.1, 0.15) is 39.2 Å². The van der Waals surface area contributed by atoms with Crippen molar-refractivity contribution in [3.05, 3.63) is 35.9 Å². The number of ether oxygens (including phenoxy) is 2. The third-order valence-electron chi connectivity index (χ3n) is 3.39. The summed E-state index contributed by atoms with van der Waals surface area (Å²) in [5, 5.41) is 3.39. The summed E-state index contributed by atoms with van der Waals surface area (Å²) in [6, 6.07) is 9.76. The third kappa shape index (κ3) is 4.83. The molecule has 1 atom stereocenters. The highest BCUT2D eigenvalue weighted by atomic mass is 16.5. The normalized spacial score (nSPS) is 13.7. The second-order valence-corrected chi connectivity index (χ2v) is 4.87. The summed E-state index contributed by atoms with van der Waals surface area (Å²) in [6.07, 6.45) is 1.51. The second-order valence-electron chi connectivity index (χ2n) is 4.87. The van der Waals surface area contributed by atoms with E-state index in [0.29, 0.717) is 26.2 Å². The largest absolute Gasteiger partial charge is 0.464 e. The van der Waals surface area contributed by atoms with Crippen molar-refractivity contribution in [1.29, 1.82) is 0 Å². The molecule has 0 heterocycles. The van der Waals surface area contributed by atoms with Crippen LogP contribution in [0.15, 0.2) is 30.3 Å². The van der Waals surface area contributed by atoms with Crippen LogP contribution in [0.3, 0.4) is 0 Å². The van der Waals surface area contributed by atoms with Crippen LogP contribution in [-0.4, -0.2) is 32.3 Å². The first kappa shape index (κ1) is 17.7. The summed E-state index contributed by atoms with van der Waals surface area (Å²) in [4.78, 5) is 12.6. The quantitative estimate of drug-likeness (QED) is 0.532. The number of rotatable bonds is 10. The molecule has 0 amide bonds. The van der Waals surface area contributed by atoms with Crippen LogP contribution in [0, 0.1) is 0 Å². The molecule has 0 radical (unpaired) electrons. The predicted octanol–water partition coefficient (Wildman–Crippen LogP) is 2.87. The maximum atomic E-state index is 12.6. The minimum absolute atomic E-state index is 0.232. The number of nitrogens with one attached hydrogen (secondary N) is 1. The van der Waals surface area contributed by atoms with E-state index in [1.807, 2.05) is 44.2 Å². The van der Waals surface area contributed by atoms with Crippen molar-refractivity contribution in [1.82, 2.24) is 5.32 Å². The van der Waals surface area contributed by atoms with Gasteiger partial charge in [-0.1, -0.05) is 37.3 Å². The lowest BCUT2D eigenvalue weighted by Crippen LogP contribution is -2.51. The number of carbonyl (C=O) groups is 1. The molecule has 21 heavy (non-hydrogen) atoms. The van der Waals surface area contributed by atoms with E-state index in [0.717, 1.165) is 18.5 Å². The molecule has 1 unspecified atom stereocenters. The van der Waals surface area contributed by atoms with E-state index in [2.05, 4.69) is 12.2 Å². The molecule has 0 aliphatic heterocycles. The molecule has 1 aromatic carbocycles. The predicted molar refractivity (Wildman–Crippen MR) is 84.2 cm³/mol. The summed E-state index contributed by atoms with van der Waals surface area (Å²) in [6.45, 7) is 8.14. The van der Waals surface area contributed by atoms with E-state index in [1.165, 1.54) is 0 Å². The van der Waals surface area contributed by atoms with Gasteiger partial charge in [-0.05, 0) is 32.4 Å². The van der Waals surface area contributed by atoms with Crippen molar-refractivity contribution in [2.24, 2.45) is 0 Å². The van der Waals surface area contributed by atoms with Gasteiger partial charge in [-0.2, -0.15) is 0 Å². The van der Waals surface area contributed by atoms with E-state index < -0.39 is 5.54 Å². The molecule has 0 bridgehead atoms. The Balaban J connectivity index is 3.09. The highest BCUT2D eigenvalue weighted by Gasteiger charge is 2.40. The lowest BCUT2D eigenvalue weighted by molar-refractivity contribution is -0.153. The lowest BCUT2D eigenvalue weighted by Gasteiger charge is -2.33. The van der Waals surface area contributed by atoms with Gasteiger partial charge in [-0.3, -0.25) is 5.32 Å². The summed E-state index contributed by atoms with van der Waals surface area (Å²) < 4.78 is 10.8. The Hall–Kier alpha value is -1.39. The number of benzene rings is 1. The molecule has 1 aromatic rings. The molecule has 0 aliphatic carbocycles. The minimum Gasteiger partial charge on any atom is -0.464 e. The van der Waals surface area contributed by atoms with Crippen LogP contribution in [0.5, 0.6) is 0 Å². The molecular formula is C17H27NO3. The Morgan fingerprint density at radius 2 is 1.86 bits per heavy atom. The molecule has 1 rings (SSSR count). The lowest BCUT2D eigenvalue weighted by atomic mass is 9.86. The number of esters is 1. The molecule has 0 aliphatic rings. The van der Waals surface area contributed by atoms with E-state index in [-0.39, 0.29) is 5.97 Å².